The standard InChI is InChI=1S/C19H16IN3O3/c1-19(10-20,14-4-3-5-15(23-14)26-2)17-16(18(24)25)12-7-6-11(9-21)8-13(12)22-17/h3-8,22H,10H2,1-2H3,(H,24,25). The number of halogens is 1. The molecule has 0 radical (unpaired) electrons. The second kappa shape index (κ2) is 6.96. The summed E-state index contributed by atoms with van der Waals surface area (Å²) < 4.78 is 5.82. The summed E-state index contributed by atoms with van der Waals surface area (Å²) in [5.41, 5.74) is 1.89. The van der Waals surface area contributed by atoms with Gasteiger partial charge in [-0.3, -0.25) is 0 Å². The van der Waals surface area contributed by atoms with Gasteiger partial charge in [0.1, 0.15) is 0 Å². The zero-order chi connectivity index (χ0) is 18.9. The molecular weight excluding hydrogens is 445 g/mol. The number of benzene rings is 1. The zero-order valence-corrected chi connectivity index (χ0v) is 16.4. The molecule has 0 spiro atoms. The van der Waals surface area contributed by atoms with Crippen molar-refractivity contribution in [3.8, 4) is 11.9 Å². The normalized spacial score (nSPS) is 13.2. The molecule has 1 atom stereocenters. The molecule has 7 heteroatoms. The number of H-pyrrole nitrogens is 1. The molecule has 0 aliphatic heterocycles. The van der Waals surface area contributed by atoms with Crippen molar-refractivity contribution in [3.63, 3.8) is 0 Å². The molecule has 6 nitrogen and oxygen atoms in total. The summed E-state index contributed by atoms with van der Waals surface area (Å²) in [6, 6.07) is 12.5. The van der Waals surface area contributed by atoms with E-state index in [1.165, 1.54) is 0 Å². The number of nitriles is 1. The number of hydrogen-bond acceptors (Lipinski definition) is 4. The average molecular weight is 461 g/mol. The zero-order valence-electron chi connectivity index (χ0n) is 14.2. The Balaban J connectivity index is 2.31. The van der Waals surface area contributed by atoms with E-state index < -0.39 is 11.4 Å². The molecule has 0 bridgehead atoms. The molecule has 132 valence electrons. The number of pyridine rings is 1. The maximum atomic E-state index is 12.0. The molecule has 1 aromatic carbocycles. The first-order chi connectivity index (χ1) is 12.4. The number of alkyl halides is 1. The first-order valence-corrected chi connectivity index (χ1v) is 9.34. The highest BCUT2D eigenvalue weighted by Crippen LogP contribution is 2.38. The number of aromatic nitrogens is 2. The largest absolute Gasteiger partial charge is 0.481 e. The predicted molar refractivity (Wildman–Crippen MR) is 106 cm³/mol. The molecule has 1 unspecified atom stereocenters. The van der Waals surface area contributed by atoms with Crippen LogP contribution in [0.25, 0.3) is 10.9 Å². The molecule has 0 amide bonds. The number of hydrogen-bond donors (Lipinski definition) is 2. The Morgan fingerprint density at radius 3 is 2.81 bits per heavy atom. The Hall–Kier alpha value is -2.60. The van der Waals surface area contributed by atoms with Gasteiger partial charge in [-0.1, -0.05) is 34.7 Å². The maximum absolute atomic E-state index is 12.0. The molecule has 2 N–H and O–H groups in total. The highest BCUT2D eigenvalue weighted by Gasteiger charge is 2.36. The summed E-state index contributed by atoms with van der Waals surface area (Å²) in [5.74, 6) is -0.548. The third kappa shape index (κ3) is 2.90. The van der Waals surface area contributed by atoms with Gasteiger partial charge in [-0.25, -0.2) is 9.78 Å². The molecule has 26 heavy (non-hydrogen) atoms. The number of nitrogens with zero attached hydrogens (tertiary/aromatic N) is 2. The number of aromatic amines is 1. The summed E-state index contributed by atoms with van der Waals surface area (Å²) in [4.78, 5) is 19.8. The van der Waals surface area contributed by atoms with E-state index in [1.54, 1.807) is 31.4 Å². The lowest BCUT2D eigenvalue weighted by atomic mass is 9.82. The van der Waals surface area contributed by atoms with Crippen molar-refractivity contribution < 1.29 is 14.6 Å². The van der Waals surface area contributed by atoms with Gasteiger partial charge in [0.25, 0.3) is 0 Å². The fraction of sp³-hybridized carbons (Fsp3) is 0.211. The van der Waals surface area contributed by atoms with Gasteiger partial charge < -0.3 is 14.8 Å². The van der Waals surface area contributed by atoms with E-state index in [9.17, 15) is 9.90 Å². The van der Waals surface area contributed by atoms with Crippen molar-refractivity contribution in [1.82, 2.24) is 9.97 Å². The first kappa shape index (κ1) is 18.2. The van der Waals surface area contributed by atoms with Gasteiger partial charge >= 0.3 is 5.97 Å². The Morgan fingerprint density at radius 1 is 1.42 bits per heavy atom. The SMILES string of the molecule is COc1cccc(C(C)(CI)c2[nH]c3cc(C#N)ccc3c2C(=O)O)n1. The highest BCUT2D eigenvalue weighted by molar-refractivity contribution is 14.1. The minimum atomic E-state index is -1.02. The minimum Gasteiger partial charge on any atom is -0.481 e. The predicted octanol–water partition coefficient (Wildman–Crippen LogP) is 3.88. The second-order valence-corrected chi connectivity index (χ2v) is 6.85. The van der Waals surface area contributed by atoms with Crippen LogP contribution in [-0.2, 0) is 5.41 Å². The summed E-state index contributed by atoms with van der Waals surface area (Å²) in [7, 11) is 1.54. The lowest BCUT2D eigenvalue weighted by Gasteiger charge is -2.27. The topological polar surface area (TPSA) is 99.0 Å². The van der Waals surface area contributed by atoms with Gasteiger partial charge in [0, 0.05) is 27.1 Å². The van der Waals surface area contributed by atoms with E-state index in [0.717, 1.165) is 0 Å². The Labute approximate surface area is 164 Å². The summed E-state index contributed by atoms with van der Waals surface area (Å²) in [6.45, 7) is 1.95. The highest BCUT2D eigenvalue weighted by atomic mass is 127. The molecule has 0 aliphatic rings. The van der Waals surface area contributed by atoms with Gasteiger partial charge in [0.15, 0.2) is 0 Å². The molecule has 2 aromatic heterocycles. The first-order valence-electron chi connectivity index (χ1n) is 7.81. The number of nitrogens with one attached hydrogen (secondary N) is 1. The van der Waals surface area contributed by atoms with Gasteiger partial charge in [-0.15, -0.1) is 0 Å². The van der Waals surface area contributed by atoms with Gasteiger partial charge in [0.2, 0.25) is 5.88 Å². The number of ether oxygens (including phenoxy) is 1. The van der Waals surface area contributed by atoms with Crippen LogP contribution in [0.15, 0.2) is 36.4 Å². The van der Waals surface area contributed by atoms with E-state index in [-0.39, 0.29) is 5.56 Å². The third-order valence-electron chi connectivity index (χ3n) is 4.46. The summed E-state index contributed by atoms with van der Waals surface area (Å²) in [5, 5.41) is 19.5. The van der Waals surface area contributed by atoms with Crippen LogP contribution < -0.4 is 4.74 Å². The molecule has 3 aromatic rings. The van der Waals surface area contributed by atoms with E-state index in [0.29, 0.717) is 38.2 Å². The van der Waals surface area contributed by atoms with Gasteiger partial charge in [-0.05, 0) is 25.1 Å². The molecule has 0 saturated carbocycles. The fourth-order valence-corrected chi connectivity index (χ4v) is 3.77. The van der Waals surface area contributed by atoms with Crippen molar-refractivity contribution in [1.29, 1.82) is 5.26 Å². The fourth-order valence-electron chi connectivity index (χ4n) is 3.00. The van der Waals surface area contributed by atoms with Crippen molar-refractivity contribution in [2.24, 2.45) is 0 Å². The molecule has 0 fully saturated rings. The number of carbonyl (C=O) groups is 1. The average Bonchev–Trinajstić information content (AvgIpc) is 3.06. The number of methoxy groups -OCH3 is 1. The van der Waals surface area contributed by atoms with Crippen LogP contribution >= 0.6 is 22.6 Å². The van der Waals surface area contributed by atoms with Crippen LogP contribution in [-0.4, -0.2) is 32.6 Å². The number of fused-ring (bicyclic) bond motifs is 1. The molecule has 2 heterocycles. The van der Waals surface area contributed by atoms with Crippen LogP contribution in [0.4, 0.5) is 0 Å². The lowest BCUT2D eigenvalue weighted by molar-refractivity contribution is 0.0696. The summed E-state index contributed by atoms with van der Waals surface area (Å²) >= 11 is 2.23. The van der Waals surface area contributed by atoms with Crippen LogP contribution in [0.1, 0.15) is 34.2 Å². The van der Waals surface area contributed by atoms with Crippen molar-refractivity contribution in [2.75, 3.05) is 11.5 Å². The Morgan fingerprint density at radius 2 is 2.19 bits per heavy atom. The van der Waals surface area contributed by atoms with Crippen LogP contribution in [0.2, 0.25) is 0 Å². The molecule has 0 saturated heterocycles. The smallest absolute Gasteiger partial charge is 0.338 e. The van der Waals surface area contributed by atoms with Gasteiger partial charge in [-0.2, -0.15) is 5.26 Å². The Kier molecular flexibility index (Phi) is 4.87. The van der Waals surface area contributed by atoms with Crippen molar-refractivity contribution >= 4 is 39.5 Å². The van der Waals surface area contributed by atoms with E-state index in [4.69, 9.17) is 10.00 Å². The lowest BCUT2D eigenvalue weighted by Crippen LogP contribution is -2.29. The van der Waals surface area contributed by atoms with Crippen molar-refractivity contribution in [2.45, 2.75) is 12.3 Å². The third-order valence-corrected chi connectivity index (χ3v) is 5.98. The van der Waals surface area contributed by atoms with Crippen LogP contribution in [0.5, 0.6) is 5.88 Å². The van der Waals surface area contributed by atoms with E-state index >= 15 is 0 Å². The molecule has 3 rings (SSSR count). The van der Waals surface area contributed by atoms with Crippen LogP contribution in [0, 0.1) is 11.3 Å². The number of aromatic carboxylic acids is 1. The number of carboxylic acid groups (broad SMARTS) is 1. The quantitative estimate of drug-likeness (QED) is 0.444. The van der Waals surface area contributed by atoms with Crippen molar-refractivity contribution in [3.05, 3.63) is 58.9 Å². The van der Waals surface area contributed by atoms with E-state index in [2.05, 4.69) is 38.6 Å². The summed E-state index contributed by atoms with van der Waals surface area (Å²) in [6.07, 6.45) is 0. The Bertz CT molecular complexity index is 1040. The second-order valence-electron chi connectivity index (χ2n) is 6.08. The number of carboxylic acids is 1. The number of rotatable bonds is 5. The van der Waals surface area contributed by atoms with E-state index in [1.807, 2.05) is 19.1 Å². The monoisotopic (exact) mass is 461 g/mol. The molecular formula is C19H16IN3O3. The maximum Gasteiger partial charge on any atom is 0.338 e. The van der Waals surface area contributed by atoms with Gasteiger partial charge in [0.05, 0.1) is 35.4 Å². The molecule has 0 aliphatic carbocycles. The van der Waals surface area contributed by atoms with Crippen LogP contribution in [0.3, 0.4) is 0 Å². The minimum absolute atomic E-state index is 0.202.